The van der Waals surface area contributed by atoms with Gasteiger partial charge in [0.2, 0.25) is 0 Å². The summed E-state index contributed by atoms with van der Waals surface area (Å²) in [5, 5.41) is 3.72. The maximum atomic E-state index is 13.7. The lowest BCUT2D eigenvalue weighted by Crippen LogP contribution is -2.41. The molecular weight excluding hydrogens is 314 g/mol. The molecule has 3 nitrogen and oxygen atoms in total. The maximum Gasteiger partial charge on any atom is 0.256 e. The average molecular weight is 335 g/mol. The van der Waals surface area contributed by atoms with Crippen LogP contribution < -0.4 is 5.32 Å². The zero-order valence-corrected chi connectivity index (χ0v) is 13.6. The van der Waals surface area contributed by atoms with Gasteiger partial charge in [-0.2, -0.15) is 0 Å². The van der Waals surface area contributed by atoms with Crippen molar-refractivity contribution in [1.29, 1.82) is 0 Å². The Morgan fingerprint density at radius 3 is 2.71 bits per heavy atom. The SMILES string of the molecule is CCNCC1CCN(C(=O)c2cc(Cl)ccc2F)CC1.Cl. The van der Waals surface area contributed by atoms with Crippen LogP contribution in [0.4, 0.5) is 4.39 Å². The van der Waals surface area contributed by atoms with Crippen molar-refractivity contribution in [3.8, 4) is 0 Å². The molecule has 0 atom stereocenters. The number of amides is 1. The van der Waals surface area contributed by atoms with Crippen LogP contribution in [0.15, 0.2) is 18.2 Å². The van der Waals surface area contributed by atoms with Gasteiger partial charge in [0, 0.05) is 18.1 Å². The molecule has 0 saturated carbocycles. The van der Waals surface area contributed by atoms with Gasteiger partial charge in [0.1, 0.15) is 5.82 Å². The zero-order chi connectivity index (χ0) is 14.5. The number of benzene rings is 1. The number of halogens is 3. The molecule has 0 aromatic heterocycles. The summed E-state index contributed by atoms with van der Waals surface area (Å²) >= 11 is 5.83. The highest BCUT2D eigenvalue weighted by Crippen LogP contribution is 2.21. The minimum absolute atomic E-state index is 0. The predicted octanol–water partition coefficient (Wildman–Crippen LogP) is 3.36. The minimum Gasteiger partial charge on any atom is -0.339 e. The summed E-state index contributed by atoms with van der Waals surface area (Å²) in [5.41, 5.74) is 0.0719. The molecule has 1 amide bonds. The summed E-state index contributed by atoms with van der Waals surface area (Å²) in [5.74, 6) is -0.163. The van der Waals surface area contributed by atoms with Gasteiger partial charge in [0.15, 0.2) is 0 Å². The molecular formula is C15H21Cl2FN2O. The van der Waals surface area contributed by atoms with E-state index in [9.17, 15) is 9.18 Å². The molecule has 1 heterocycles. The molecule has 1 aliphatic heterocycles. The minimum atomic E-state index is -0.505. The van der Waals surface area contributed by atoms with Gasteiger partial charge in [-0.05, 0) is 50.0 Å². The van der Waals surface area contributed by atoms with E-state index in [1.165, 1.54) is 18.2 Å². The zero-order valence-electron chi connectivity index (χ0n) is 12.1. The molecule has 21 heavy (non-hydrogen) atoms. The van der Waals surface area contributed by atoms with E-state index in [1.54, 1.807) is 4.90 Å². The van der Waals surface area contributed by atoms with Gasteiger partial charge in [0.25, 0.3) is 5.91 Å². The third-order valence-electron chi connectivity index (χ3n) is 3.74. The van der Waals surface area contributed by atoms with E-state index in [0.717, 1.165) is 25.9 Å². The molecule has 1 aromatic rings. The first-order valence-corrected chi connectivity index (χ1v) is 7.44. The number of nitrogens with zero attached hydrogens (tertiary/aromatic N) is 1. The highest BCUT2D eigenvalue weighted by Gasteiger charge is 2.25. The number of piperidine rings is 1. The smallest absolute Gasteiger partial charge is 0.256 e. The fourth-order valence-corrected chi connectivity index (χ4v) is 2.69. The van der Waals surface area contributed by atoms with E-state index < -0.39 is 5.82 Å². The monoisotopic (exact) mass is 334 g/mol. The van der Waals surface area contributed by atoms with Crippen LogP contribution in [0.3, 0.4) is 0 Å². The van der Waals surface area contributed by atoms with E-state index >= 15 is 0 Å². The van der Waals surface area contributed by atoms with Crippen LogP contribution in [0.2, 0.25) is 5.02 Å². The Bertz CT molecular complexity index is 477. The van der Waals surface area contributed by atoms with Crippen LogP contribution in [-0.4, -0.2) is 37.0 Å². The first-order valence-electron chi connectivity index (χ1n) is 7.07. The maximum absolute atomic E-state index is 13.7. The molecule has 0 unspecified atom stereocenters. The van der Waals surface area contributed by atoms with Crippen molar-refractivity contribution in [2.45, 2.75) is 19.8 Å². The molecule has 1 fully saturated rings. The summed E-state index contributed by atoms with van der Waals surface area (Å²) in [6.45, 7) is 5.40. The number of rotatable bonds is 4. The molecule has 1 aromatic carbocycles. The van der Waals surface area contributed by atoms with Gasteiger partial charge < -0.3 is 10.2 Å². The number of likely N-dealkylation sites (tertiary alicyclic amines) is 1. The Hall–Kier alpha value is -0.840. The summed E-state index contributed by atoms with van der Waals surface area (Å²) < 4.78 is 13.7. The molecule has 1 saturated heterocycles. The van der Waals surface area contributed by atoms with Gasteiger partial charge in [-0.15, -0.1) is 12.4 Å². The van der Waals surface area contributed by atoms with Crippen LogP contribution in [0.25, 0.3) is 0 Å². The summed E-state index contributed by atoms with van der Waals surface area (Å²) in [7, 11) is 0. The molecule has 2 rings (SSSR count). The van der Waals surface area contributed by atoms with Crippen LogP contribution in [0.1, 0.15) is 30.1 Å². The predicted molar refractivity (Wildman–Crippen MR) is 85.8 cm³/mol. The number of nitrogens with one attached hydrogen (secondary N) is 1. The summed E-state index contributed by atoms with van der Waals surface area (Å²) in [4.78, 5) is 14.0. The summed E-state index contributed by atoms with van der Waals surface area (Å²) in [6, 6.07) is 4.10. The van der Waals surface area contributed by atoms with Crippen molar-refractivity contribution in [1.82, 2.24) is 10.2 Å². The summed E-state index contributed by atoms with van der Waals surface area (Å²) in [6.07, 6.45) is 1.92. The number of carbonyl (C=O) groups excluding carboxylic acids is 1. The lowest BCUT2D eigenvalue weighted by molar-refractivity contribution is 0.0685. The first-order chi connectivity index (χ1) is 9.61. The molecule has 0 bridgehead atoms. The fourth-order valence-electron chi connectivity index (χ4n) is 2.52. The molecule has 0 radical (unpaired) electrons. The Morgan fingerprint density at radius 1 is 1.43 bits per heavy atom. The Balaban J connectivity index is 0.00000220. The average Bonchev–Trinajstić information content (AvgIpc) is 2.47. The van der Waals surface area contributed by atoms with E-state index in [1.807, 2.05) is 0 Å². The second-order valence-electron chi connectivity index (χ2n) is 5.17. The second-order valence-corrected chi connectivity index (χ2v) is 5.60. The van der Waals surface area contributed by atoms with Gasteiger partial charge in [-0.3, -0.25) is 4.79 Å². The van der Waals surface area contributed by atoms with Crippen LogP contribution in [0, 0.1) is 11.7 Å². The van der Waals surface area contributed by atoms with Gasteiger partial charge in [-0.25, -0.2) is 4.39 Å². The number of hydrogen-bond acceptors (Lipinski definition) is 2. The molecule has 1 aliphatic rings. The first kappa shape index (κ1) is 18.2. The normalized spacial score (nSPS) is 15.7. The molecule has 0 spiro atoms. The Morgan fingerprint density at radius 2 is 2.10 bits per heavy atom. The van der Waals surface area contributed by atoms with Crippen LogP contribution in [-0.2, 0) is 0 Å². The number of hydrogen-bond donors (Lipinski definition) is 1. The van der Waals surface area contributed by atoms with Crippen molar-refractivity contribution in [3.63, 3.8) is 0 Å². The van der Waals surface area contributed by atoms with E-state index in [-0.39, 0.29) is 23.9 Å². The van der Waals surface area contributed by atoms with Gasteiger partial charge in [-0.1, -0.05) is 18.5 Å². The number of carbonyl (C=O) groups is 1. The van der Waals surface area contributed by atoms with E-state index in [2.05, 4.69) is 12.2 Å². The van der Waals surface area contributed by atoms with Gasteiger partial charge >= 0.3 is 0 Å². The van der Waals surface area contributed by atoms with Crippen molar-refractivity contribution in [3.05, 3.63) is 34.6 Å². The largest absolute Gasteiger partial charge is 0.339 e. The van der Waals surface area contributed by atoms with Crippen molar-refractivity contribution < 1.29 is 9.18 Å². The molecule has 0 aliphatic carbocycles. The highest BCUT2D eigenvalue weighted by molar-refractivity contribution is 6.31. The van der Waals surface area contributed by atoms with Crippen LogP contribution >= 0.6 is 24.0 Å². The standard InChI is InChI=1S/C15H20ClFN2O.ClH/c1-2-18-10-11-5-7-19(8-6-11)15(20)13-9-12(16)3-4-14(13)17;/h3-4,9,11,18H,2,5-8,10H2,1H3;1H. The quantitative estimate of drug-likeness (QED) is 0.915. The van der Waals surface area contributed by atoms with Crippen molar-refractivity contribution in [2.75, 3.05) is 26.2 Å². The highest BCUT2D eigenvalue weighted by atomic mass is 35.5. The van der Waals surface area contributed by atoms with Crippen molar-refractivity contribution >= 4 is 29.9 Å². The van der Waals surface area contributed by atoms with Gasteiger partial charge in [0.05, 0.1) is 5.56 Å². The lowest BCUT2D eigenvalue weighted by Gasteiger charge is -2.32. The third-order valence-corrected chi connectivity index (χ3v) is 3.98. The molecule has 6 heteroatoms. The molecule has 118 valence electrons. The lowest BCUT2D eigenvalue weighted by atomic mass is 9.96. The second kappa shape index (κ2) is 8.57. The molecule has 1 N–H and O–H groups in total. The van der Waals surface area contributed by atoms with Crippen molar-refractivity contribution in [2.24, 2.45) is 5.92 Å². The topological polar surface area (TPSA) is 32.3 Å². The Kier molecular flexibility index (Phi) is 7.43. The third kappa shape index (κ3) is 4.83. The Labute approximate surface area is 136 Å². The fraction of sp³-hybridized carbons (Fsp3) is 0.533. The van der Waals surface area contributed by atoms with E-state index in [0.29, 0.717) is 24.0 Å². The van der Waals surface area contributed by atoms with E-state index in [4.69, 9.17) is 11.6 Å². The van der Waals surface area contributed by atoms with Crippen LogP contribution in [0.5, 0.6) is 0 Å².